The summed E-state index contributed by atoms with van der Waals surface area (Å²) in [6.45, 7) is 12.9. The molecule has 2 aliphatic heterocycles. The molecule has 16 heavy (non-hydrogen) atoms. The molecule has 0 aromatic heterocycles. The van der Waals surface area contributed by atoms with Crippen molar-refractivity contribution >= 4 is 5.78 Å². The lowest BCUT2D eigenvalue weighted by atomic mass is 9.86. The number of hydrogen-bond donors (Lipinski definition) is 0. The lowest BCUT2D eigenvalue weighted by Gasteiger charge is -2.53. The minimum absolute atomic E-state index is 0.209. The van der Waals surface area contributed by atoms with Crippen LogP contribution in [0.15, 0.2) is 0 Å². The molecule has 2 heterocycles. The Bertz CT molecular complexity index is 263. The monoisotopic (exact) mass is 224 g/mol. The topological polar surface area (TPSA) is 23.6 Å². The number of ketones is 1. The molecule has 2 rings (SSSR count). The van der Waals surface area contributed by atoms with Crippen molar-refractivity contribution in [1.29, 1.82) is 0 Å². The summed E-state index contributed by atoms with van der Waals surface area (Å²) in [6.07, 6.45) is 0. The molecule has 0 aromatic rings. The zero-order chi connectivity index (χ0) is 11.9. The molecule has 0 saturated carbocycles. The summed E-state index contributed by atoms with van der Waals surface area (Å²) in [5.41, 5.74) is 0. The summed E-state index contributed by atoms with van der Waals surface area (Å²) in [6, 6.07) is 1.39. The number of likely N-dealkylation sites (tertiary alicyclic amines) is 2. The van der Waals surface area contributed by atoms with Crippen molar-refractivity contribution in [3.8, 4) is 0 Å². The Morgan fingerprint density at radius 1 is 1.06 bits per heavy atom. The average molecular weight is 224 g/mol. The van der Waals surface area contributed by atoms with Crippen molar-refractivity contribution in [2.24, 2.45) is 11.8 Å². The molecule has 0 N–H and O–H groups in total. The Morgan fingerprint density at radius 2 is 1.62 bits per heavy atom. The van der Waals surface area contributed by atoms with Gasteiger partial charge in [-0.25, -0.2) is 0 Å². The Labute approximate surface area is 98.8 Å². The zero-order valence-corrected chi connectivity index (χ0v) is 10.9. The maximum atomic E-state index is 11.7. The predicted molar refractivity (Wildman–Crippen MR) is 65.4 cm³/mol. The van der Waals surface area contributed by atoms with Gasteiger partial charge < -0.3 is 0 Å². The number of rotatable bonds is 4. The quantitative estimate of drug-likeness (QED) is 0.718. The molecule has 0 unspecified atom stereocenters. The Kier molecular flexibility index (Phi) is 3.36. The van der Waals surface area contributed by atoms with Gasteiger partial charge >= 0.3 is 0 Å². The van der Waals surface area contributed by atoms with Crippen molar-refractivity contribution in [3.63, 3.8) is 0 Å². The van der Waals surface area contributed by atoms with Crippen molar-refractivity contribution in [3.05, 3.63) is 0 Å². The third-order valence-corrected chi connectivity index (χ3v) is 4.02. The fourth-order valence-electron chi connectivity index (χ4n) is 2.60. The van der Waals surface area contributed by atoms with Crippen LogP contribution in [0, 0.1) is 11.8 Å². The van der Waals surface area contributed by atoms with Gasteiger partial charge in [0.15, 0.2) is 0 Å². The third kappa shape index (κ3) is 2.16. The largest absolute Gasteiger partial charge is 0.299 e. The van der Waals surface area contributed by atoms with Crippen LogP contribution in [-0.2, 0) is 4.79 Å². The molecule has 0 aliphatic carbocycles. The van der Waals surface area contributed by atoms with E-state index in [2.05, 4.69) is 23.6 Å². The first-order valence-electron chi connectivity index (χ1n) is 6.51. The van der Waals surface area contributed by atoms with Gasteiger partial charge in [-0.15, -0.1) is 0 Å². The number of Topliss-reactive ketones (excluding diaryl/α,β-unsaturated/α-hetero) is 1. The Balaban J connectivity index is 1.69. The molecule has 0 spiro atoms. The maximum absolute atomic E-state index is 11.7. The maximum Gasteiger partial charge on any atom is 0.141 e. The van der Waals surface area contributed by atoms with Crippen molar-refractivity contribution < 1.29 is 4.79 Å². The molecule has 2 aliphatic rings. The molecular formula is C13H24N2O. The van der Waals surface area contributed by atoms with Gasteiger partial charge in [0.25, 0.3) is 0 Å². The number of nitrogens with zero attached hydrogens (tertiary/aromatic N) is 2. The molecule has 0 radical (unpaired) electrons. The summed E-state index contributed by atoms with van der Waals surface area (Å²) >= 11 is 0. The van der Waals surface area contributed by atoms with E-state index in [-0.39, 0.29) is 5.92 Å². The highest BCUT2D eigenvalue weighted by molar-refractivity contribution is 5.84. The molecule has 0 bridgehead atoms. The van der Waals surface area contributed by atoms with E-state index in [1.165, 1.54) is 13.1 Å². The van der Waals surface area contributed by atoms with Gasteiger partial charge in [-0.3, -0.25) is 14.6 Å². The van der Waals surface area contributed by atoms with Gasteiger partial charge in [-0.1, -0.05) is 13.8 Å². The van der Waals surface area contributed by atoms with Gasteiger partial charge in [-0.2, -0.15) is 0 Å². The SMILES string of the molecule is CC(C)C(=O)C1CN(C2CN(C(C)C)C2)C1. The second kappa shape index (κ2) is 4.46. The summed E-state index contributed by atoms with van der Waals surface area (Å²) in [7, 11) is 0. The normalized spacial score (nSPS) is 24.9. The number of carbonyl (C=O) groups excluding carboxylic acids is 1. The van der Waals surface area contributed by atoms with E-state index >= 15 is 0 Å². The van der Waals surface area contributed by atoms with Crippen LogP contribution in [0.5, 0.6) is 0 Å². The molecule has 92 valence electrons. The first-order valence-corrected chi connectivity index (χ1v) is 6.51. The highest BCUT2D eigenvalue weighted by Crippen LogP contribution is 2.27. The smallest absolute Gasteiger partial charge is 0.141 e. The molecule has 2 fully saturated rings. The van der Waals surface area contributed by atoms with E-state index in [0.717, 1.165) is 19.1 Å². The number of hydrogen-bond acceptors (Lipinski definition) is 3. The highest BCUT2D eigenvalue weighted by Gasteiger charge is 2.41. The van der Waals surface area contributed by atoms with Crippen LogP contribution in [-0.4, -0.2) is 53.8 Å². The summed E-state index contributed by atoms with van der Waals surface area (Å²) < 4.78 is 0. The van der Waals surface area contributed by atoms with Crippen LogP contribution < -0.4 is 0 Å². The van der Waals surface area contributed by atoms with Crippen molar-refractivity contribution in [1.82, 2.24) is 9.80 Å². The first kappa shape index (κ1) is 12.1. The van der Waals surface area contributed by atoms with E-state index in [0.29, 0.717) is 17.7 Å². The standard InChI is InChI=1S/C13H24N2O/c1-9(2)13(16)11-5-15(6-11)12-7-14(8-12)10(3)4/h9-12H,5-8H2,1-4H3. The fourth-order valence-corrected chi connectivity index (χ4v) is 2.60. The minimum Gasteiger partial charge on any atom is -0.299 e. The summed E-state index contributed by atoms with van der Waals surface area (Å²) in [4.78, 5) is 16.7. The van der Waals surface area contributed by atoms with Crippen LogP contribution in [0.2, 0.25) is 0 Å². The lowest BCUT2D eigenvalue weighted by Crippen LogP contribution is -2.67. The summed E-state index contributed by atoms with van der Waals surface area (Å²) in [5, 5.41) is 0. The molecule has 2 saturated heterocycles. The van der Waals surface area contributed by atoms with Gasteiger partial charge in [0.2, 0.25) is 0 Å². The molecule has 0 amide bonds. The summed E-state index contributed by atoms with van der Waals surface area (Å²) in [5.74, 6) is 0.991. The van der Waals surface area contributed by atoms with Gasteiger partial charge in [-0.05, 0) is 13.8 Å². The number of carbonyl (C=O) groups is 1. The van der Waals surface area contributed by atoms with Gasteiger partial charge in [0.1, 0.15) is 5.78 Å². The van der Waals surface area contributed by atoms with Crippen LogP contribution in [0.4, 0.5) is 0 Å². The fraction of sp³-hybridized carbons (Fsp3) is 0.923. The molecule has 0 atom stereocenters. The molecule has 0 aromatic carbocycles. The van der Waals surface area contributed by atoms with E-state index in [9.17, 15) is 4.79 Å². The third-order valence-electron chi connectivity index (χ3n) is 4.02. The second-order valence-corrected chi connectivity index (χ2v) is 5.91. The molecule has 3 nitrogen and oxygen atoms in total. The second-order valence-electron chi connectivity index (χ2n) is 5.91. The highest BCUT2D eigenvalue weighted by atomic mass is 16.1. The van der Waals surface area contributed by atoms with Gasteiger partial charge in [0, 0.05) is 50.1 Å². The van der Waals surface area contributed by atoms with E-state index < -0.39 is 0 Å². The predicted octanol–water partition coefficient (Wildman–Crippen LogP) is 1.24. The minimum atomic E-state index is 0.209. The Hall–Kier alpha value is -0.410. The average Bonchev–Trinajstić information content (AvgIpc) is 2.04. The lowest BCUT2D eigenvalue weighted by molar-refractivity contribution is -0.135. The Morgan fingerprint density at radius 3 is 2.06 bits per heavy atom. The first-order chi connectivity index (χ1) is 7.49. The van der Waals surface area contributed by atoms with E-state index in [4.69, 9.17) is 0 Å². The van der Waals surface area contributed by atoms with Crippen molar-refractivity contribution in [2.45, 2.75) is 39.8 Å². The van der Waals surface area contributed by atoms with Crippen LogP contribution in [0.25, 0.3) is 0 Å². The van der Waals surface area contributed by atoms with E-state index in [1.807, 2.05) is 13.8 Å². The van der Waals surface area contributed by atoms with Gasteiger partial charge in [0.05, 0.1) is 0 Å². The molecule has 3 heteroatoms. The zero-order valence-electron chi connectivity index (χ0n) is 10.9. The van der Waals surface area contributed by atoms with Crippen LogP contribution in [0.1, 0.15) is 27.7 Å². The van der Waals surface area contributed by atoms with Crippen LogP contribution >= 0.6 is 0 Å². The van der Waals surface area contributed by atoms with Crippen molar-refractivity contribution in [2.75, 3.05) is 26.2 Å². The van der Waals surface area contributed by atoms with Crippen LogP contribution in [0.3, 0.4) is 0 Å². The molecular weight excluding hydrogens is 200 g/mol. The van der Waals surface area contributed by atoms with E-state index in [1.54, 1.807) is 0 Å².